The molecule has 144 valence electrons. The van der Waals surface area contributed by atoms with Crippen molar-refractivity contribution in [3.63, 3.8) is 0 Å². The van der Waals surface area contributed by atoms with Gasteiger partial charge in [-0.25, -0.2) is 4.79 Å². The Kier molecular flexibility index (Phi) is 6.50. The Bertz CT molecular complexity index is 853. The molecule has 0 unspecified atom stereocenters. The highest BCUT2D eigenvalue weighted by atomic mass is 35.5. The maximum absolute atomic E-state index is 13.0. The smallest absolute Gasteiger partial charge is 0.335 e. The molecule has 0 aliphatic rings. The molecule has 0 aliphatic carbocycles. The first-order chi connectivity index (χ1) is 12.6. The first kappa shape index (κ1) is 20.8. The highest BCUT2D eigenvalue weighted by Crippen LogP contribution is 2.30. The molecule has 0 bridgehead atoms. The largest absolute Gasteiger partial charge is 0.493 e. The van der Waals surface area contributed by atoms with E-state index >= 15 is 0 Å². The van der Waals surface area contributed by atoms with E-state index in [0.29, 0.717) is 45.7 Å². The molecule has 1 amide bonds. The number of halogens is 1. The lowest BCUT2D eigenvalue weighted by Gasteiger charge is -2.23. The fourth-order valence-electron chi connectivity index (χ4n) is 2.91. The maximum Gasteiger partial charge on any atom is 0.335 e. The number of hydrogen-bond donors (Lipinski definition) is 1. The van der Waals surface area contributed by atoms with E-state index in [1.165, 1.54) is 4.90 Å². The van der Waals surface area contributed by atoms with Crippen LogP contribution in [0, 0.1) is 19.8 Å². The summed E-state index contributed by atoms with van der Waals surface area (Å²) in [5.74, 6) is -0.343. The van der Waals surface area contributed by atoms with Crippen molar-refractivity contribution in [3.05, 3.63) is 57.6 Å². The summed E-state index contributed by atoms with van der Waals surface area (Å²) in [5, 5.41) is 9.53. The second kappa shape index (κ2) is 8.44. The minimum absolute atomic E-state index is 0.191. The molecule has 5 nitrogen and oxygen atoms in total. The molecule has 27 heavy (non-hydrogen) atoms. The zero-order valence-corrected chi connectivity index (χ0v) is 16.9. The molecule has 0 spiro atoms. The number of benzene rings is 2. The Morgan fingerprint density at radius 2 is 1.74 bits per heavy atom. The van der Waals surface area contributed by atoms with Gasteiger partial charge in [0.2, 0.25) is 0 Å². The molecule has 0 fully saturated rings. The summed E-state index contributed by atoms with van der Waals surface area (Å²) in [7, 11) is 1.65. The van der Waals surface area contributed by atoms with E-state index in [2.05, 4.69) is 0 Å². The minimum Gasteiger partial charge on any atom is -0.493 e. The van der Waals surface area contributed by atoms with Gasteiger partial charge in [0.25, 0.3) is 5.91 Å². The number of rotatable bonds is 6. The number of carbonyl (C=O) groups is 2. The van der Waals surface area contributed by atoms with Crippen molar-refractivity contribution in [3.8, 4) is 5.75 Å². The standard InChI is InChI=1S/C21H24ClNO4/c1-12(2)11-27-16-6-7-18(22)17(10-16)20(24)23(5)19-13(3)8-15(21(25)26)9-14(19)4/h6-10,12H,11H2,1-5H3,(H,25,26). The normalized spacial score (nSPS) is 10.8. The third kappa shape index (κ3) is 4.80. The summed E-state index contributed by atoms with van der Waals surface area (Å²) in [6, 6.07) is 8.13. The van der Waals surface area contributed by atoms with Gasteiger partial charge in [0.1, 0.15) is 5.75 Å². The van der Waals surface area contributed by atoms with Gasteiger partial charge in [0, 0.05) is 12.7 Å². The molecule has 2 rings (SSSR count). The lowest BCUT2D eigenvalue weighted by Crippen LogP contribution is -2.28. The molecule has 6 heteroatoms. The Hall–Kier alpha value is -2.53. The van der Waals surface area contributed by atoms with E-state index < -0.39 is 5.97 Å². The predicted octanol–water partition coefficient (Wildman–Crippen LogP) is 4.97. The van der Waals surface area contributed by atoms with Crippen LogP contribution in [-0.2, 0) is 0 Å². The topological polar surface area (TPSA) is 66.8 Å². The summed E-state index contributed by atoms with van der Waals surface area (Å²) in [6.07, 6.45) is 0. The Morgan fingerprint density at radius 1 is 1.15 bits per heavy atom. The van der Waals surface area contributed by atoms with Crippen molar-refractivity contribution in [1.29, 1.82) is 0 Å². The molecule has 0 atom stereocenters. The molecular formula is C21H24ClNO4. The fourth-order valence-corrected chi connectivity index (χ4v) is 3.11. The lowest BCUT2D eigenvalue weighted by molar-refractivity contribution is 0.0696. The van der Waals surface area contributed by atoms with Crippen LogP contribution in [-0.4, -0.2) is 30.6 Å². The average molecular weight is 390 g/mol. The van der Waals surface area contributed by atoms with Crippen LogP contribution in [0.4, 0.5) is 5.69 Å². The zero-order valence-electron chi connectivity index (χ0n) is 16.2. The number of anilines is 1. The molecule has 0 radical (unpaired) electrons. The Balaban J connectivity index is 2.38. The molecule has 0 heterocycles. The Morgan fingerprint density at radius 3 is 2.26 bits per heavy atom. The van der Waals surface area contributed by atoms with Crippen molar-refractivity contribution in [2.24, 2.45) is 5.92 Å². The van der Waals surface area contributed by atoms with Gasteiger partial charge in [-0.05, 0) is 61.2 Å². The number of carbonyl (C=O) groups excluding carboxylic acids is 1. The molecule has 1 N–H and O–H groups in total. The van der Waals surface area contributed by atoms with Crippen molar-refractivity contribution in [1.82, 2.24) is 0 Å². The van der Waals surface area contributed by atoms with E-state index in [1.807, 2.05) is 13.8 Å². The number of amides is 1. The van der Waals surface area contributed by atoms with Gasteiger partial charge < -0.3 is 14.7 Å². The second-order valence-corrected chi connectivity index (χ2v) is 7.38. The summed E-state index contributed by atoms with van der Waals surface area (Å²) in [4.78, 5) is 25.8. The summed E-state index contributed by atoms with van der Waals surface area (Å²) in [5.41, 5.74) is 2.59. The molecule has 0 saturated carbocycles. The van der Waals surface area contributed by atoms with E-state index in [4.69, 9.17) is 16.3 Å². The van der Waals surface area contributed by atoms with E-state index in [0.717, 1.165) is 0 Å². The van der Waals surface area contributed by atoms with Gasteiger partial charge in [0.15, 0.2) is 0 Å². The van der Waals surface area contributed by atoms with Crippen LogP contribution in [0.25, 0.3) is 0 Å². The van der Waals surface area contributed by atoms with Gasteiger partial charge >= 0.3 is 5.97 Å². The molecule has 0 aromatic heterocycles. The van der Waals surface area contributed by atoms with Gasteiger partial charge in [-0.1, -0.05) is 25.4 Å². The fraction of sp³-hybridized carbons (Fsp3) is 0.333. The quantitative estimate of drug-likeness (QED) is 0.757. The van der Waals surface area contributed by atoms with Crippen LogP contribution < -0.4 is 9.64 Å². The highest BCUT2D eigenvalue weighted by Gasteiger charge is 2.21. The van der Waals surface area contributed by atoms with Crippen molar-refractivity contribution >= 4 is 29.2 Å². The van der Waals surface area contributed by atoms with E-state index in [1.54, 1.807) is 51.2 Å². The van der Waals surface area contributed by atoms with Crippen LogP contribution in [0.2, 0.25) is 5.02 Å². The number of aryl methyl sites for hydroxylation is 2. The number of nitrogens with zero attached hydrogens (tertiary/aromatic N) is 1. The molecule has 2 aromatic rings. The van der Waals surface area contributed by atoms with Gasteiger partial charge in [-0.15, -0.1) is 0 Å². The number of aromatic carboxylic acids is 1. The Labute approximate surface area is 164 Å². The van der Waals surface area contributed by atoms with Gasteiger partial charge in [-0.2, -0.15) is 0 Å². The van der Waals surface area contributed by atoms with Crippen LogP contribution in [0.5, 0.6) is 5.75 Å². The van der Waals surface area contributed by atoms with Crippen LogP contribution in [0.15, 0.2) is 30.3 Å². The second-order valence-electron chi connectivity index (χ2n) is 6.97. The SMILES string of the molecule is Cc1cc(C(=O)O)cc(C)c1N(C)C(=O)c1cc(OCC(C)C)ccc1Cl. The third-order valence-electron chi connectivity index (χ3n) is 4.13. The molecule has 2 aromatic carbocycles. The number of ether oxygens (including phenoxy) is 1. The van der Waals surface area contributed by atoms with Gasteiger partial charge in [0.05, 0.1) is 22.8 Å². The number of hydrogen-bond acceptors (Lipinski definition) is 3. The monoisotopic (exact) mass is 389 g/mol. The predicted molar refractivity (Wildman–Crippen MR) is 107 cm³/mol. The molecule has 0 saturated heterocycles. The minimum atomic E-state index is -1.00. The third-order valence-corrected chi connectivity index (χ3v) is 4.46. The number of carboxylic acids is 1. The van der Waals surface area contributed by atoms with E-state index in [9.17, 15) is 14.7 Å². The van der Waals surface area contributed by atoms with Crippen LogP contribution in [0.3, 0.4) is 0 Å². The first-order valence-electron chi connectivity index (χ1n) is 8.66. The average Bonchev–Trinajstić information content (AvgIpc) is 2.59. The lowest BCUT2D eigenvalue weighted by atomic mass is 10.0. The van der Waals surface area contributed by atoms with Crippen molar-refractivity contribution < 1.29 is 19.4 Å². The summed E-state index contributed by atoms with van der Waals surface area (Å²) in [6.45, 7) is 8.19. The molecular weight excluding hydrogens is 366 g/mol. The van der Waals surface area contributed by atoms with Crippen molar-refractivity contribution in [2.75, 3.05) is 18.6 Å². The van der Waals surface area contributed by atoms with Crippen LogP contribution in [0.1, 0.15) is 45.7 Å². The van der Waals surface area contributed by atoms with E-state index in [-0.39, 0.29) is 11.5 Å². The number of carboxylic acid groups (broad SMARTS) is 1. The summed E-state index contributed by atoms with van der Waals surface area (Å²) >= 11 is 6.25. The van der Waals surface area contributed by atoms with Crippen LogP contribution >= 0.6 is 11.6 Å². The van der Waals surface area contributed by atoms with Gasteiger partial charge in [-0.3, -0.25) is 4.79 Å². The van der Waals surface area contributed by atoms with Crippen molar-refractivity contribution in [2.45, 2.75) is 27.7 Å². The molecule has 0 aliphatic heterocycles. The maximum atomic E-state index is 13.0. The zero-order chi connectivity index (χ0) is 20.3. The summed E-state index contributed by atoms with van der Waals surface area (Å²) < 4.78 is 5.69. The first-order valence-corrected chi connectivity index (χ1v) is 9.04. The highest BCUT2D eigenvalue weighted by molar-refractivity contribution is 6.34.